The zero-order valence-corrected chi connectivity index (χ0v) is 14.0. The van der Waals surface area contributed by atoms with E-state index in [2.05, 4.69) is 20.7 Å². The summed E-state index contributed by atoms with van der Waals surface area (Å²) in [5.41, 5.74) is 6.97. The standard InChI is InChI=1S/C12H17BrN2O2S2/c1-3-8-7-9(13)5-6-10(8)15-19(16,17)11(4-2)12(14)18/h5-7,11,15H,3-4H2,1-2H3,(H2,14,18). The molecule has 0 saturated carbocycles. The predicted octanol–water partition coefficient (Wildman–Crippen LogP) is 2.82. The molecular weight excluding hydrogens is 348 g/mol. The number of benzene rings is 1. The molecule has 0 heterocycles. The van der Waals surface area contributed by atoms with Crippen molar-refractivity contribution >= 4 is 48.8 Å². The minimum absolute atomic E-state index is 0.00911. The van der Waals surface area contributed by atoms with E-state index in [0.29, 0.717) is 12.1 Å². The van der Waals surface area contributed by atoms with Crippen molar-refractivity contribution in [1.82, 2.24) is 0 Å². The highest BCUT2D eigenvalue weighted by Gasteiger charge is 2.26. The molecule has 4 nitrogen and oxygen atoms in total. The number of rotatable bonds is 6. The largest absolute Gasteiger partial charge is 0.392 e. The summed E-state index contributed by atoms with van der Waals surface area (Å²) >= 11 is 8.18. The van der Waals surface area contributed by atoms with Crippen LogP contribution in [0.1, 0.15) is 25.8 Å². The zero-order chi connectivity index (χ0) is 14.6. The molecule has 1 aromatic carbocycles. The summed E-state index contributed by atoms with van der Waals surface area (Å²) in [6.45, 7) is 3.70. The maximum Gasteiger partial charge on any atom is 0.242 e. The van der Waals surface area contributed by atoms with Crippen LogP contribution in [0.25, 0.3) is 0 Å². The molecule has 1 unspecified atom stereocenters. The molecule has 1 atom stereocenters. The Morgan fingerprint density at radius 3 is 2.58 bits per heavy atom. The summed E-state index contributed by atoms with van der Waals surface area (Å²) in [6.07, 6.45) is 1.07. The molecule has 0 aliphatic rings. The number of sulfonamides is 1. The van der Waals surface area contributed by atoms with Crippen LogP contribution in [-0.2, 0) is 16.4 Å². The molecule has 19 heavy (non-hydrogen) atoms. The van der Waals surface area contributed by atoms with Gasteiger partial charge in [0, 0.05) is 4.47 Å². The second kappa shape index (κ2) is 6.67. The van der Waals surface area contributed by atoms with Gasteiger partial charge in [-0.15, -0.1) is 0 Å². The van der Waals surface area contributed by atoms with Crippen LogP contribution in [0.4, 0.5) is 5.69 Å². The van der Waals surface area contributed by atoms with Gasteiger partial charge in [-0.2, -0.15) is 0 Å². The lowest BCUT2D eigenvalue weighted by Gasteiger charge is -2.18. The van der Waals surface area contributed by atoms with E-state index >= 15 is 0 Å². The maximum absolute atomic E-state index is 12.2. The molecule has 0 bridgehead atoms. The van der Waals surface area contributed by atoms with Gasteiger partial charge in [0.1, 0.15) is 5.25 Å². The van der Waals surface area contributed by atoms with E-state index in [1.165, 1.54) is 0 Å². The van der Waals surface area contributed by atoms with Gasteiger partial charge < -0.3 is 5.73 Å². The number of thiocarbonyl (C=S) groups is 1. The Hall–Kier alpha value is -0.660. The lowest BCUT2D eigenvalue weighted by Crippen LogP contribution is -2.37. The van der Waals surface area contributed by atoms with Crippen molar-refractivity contribution in [3.8, 4) is 0 Å². The summed E-state index contributed by atoms with van der Waals surface area (Å²) in [6, 6.07) is 5.41. The van der Waals surface area contributed by atoms with E-state index < -0.39 is 15.3 Å². The summed E-state index contributed by atoms with van der Waals surface area (Å²) in [5.74, 6) is 0. The van der Waals surface area contributed by atoms with Crippen molar-refractivity contribution in [3.05, 3.63) is 28.2 Å². The van der Waals surface area contributed by atoms with Gasteiger partial charge in [-0.1, -0.05) is 42.0 Å². The van der Waals surface area contributed by atoms with E-state index in [-0.39, 0.29) is 4.99 Å². The Morgan fingerprint density at radius 1 is 1.47 bits per heavy atom. The molecule has 3 N–H and O–H groups in total. The topological polar surface area (TPSA) is 72.2 Å². The molecule has 0 aliphatic carbocycles. The second-order valence-electron chi connectivity index (χ2n) is 4.10. The molecule has 0 spiro atoms. The van der Waals surface area contributed by atoms with E-state index in [0.717, 1.165) is 16.5 Å². The van der Waals surface area contributed by atoms with Crippen LogP contribution >= 0.6 is 28.1 Å². The molecule has 0 aromatic heterocycles. The lowest BCUT2D eigenvalue weighted by atomic mass is 10.1. The lowest BCUT2D eigenvalue weighted by molar-refractivity contribution is 0.594. The molecule has 106 valence electrons. The van der Waals surface area contributed by atoms with Gasteiger partial charge in [0.25, 0.3) is 0 Å². The smallest absolute Gasteiger partial charge is 0.242 e. The molecule has 0 aliphatic heterocycles. The first-order chi connectivity index (χ1) is 8.81. The number of nitrogens with two attached hydrogens (primary N) is 1. The minimum Gasteiger partial charge on any atom is -0.392 e. The quantitative estimate of drug-likeness (QED) is 0.761. The van der Waals surface area contributed by atoms with Gasteiger partial charge in [0.15, 0.2) is 0 Å². The van der Waals surface area contributed by atoms with Crippen LogP contribution in [0.15, 0.2) is 22.7 Å². The Bertz CT molecular complexity index is 573. The number of nitrogens with one attached hydrogen (secondary N) is 1. The van der Waals surface area contributed by atoms with Crippen molar-refractivity contribution in [1.29, 1.82) is 0 Å². The Balaban J connectivity index is 3.11. The average molecular weight is 365 g/mol. The van der Waals surface area contributed by atoms with Crippen molar-refractivity contribution in [2.75, 3.05) is 4.72 Å². The van der Waals surface area contributed by atoms with Gasteiger partial charge >= 0.3 is 0 Å². The van der Waals surface area contributed by atoms with Gasteiger partial charge in [-0.3, -0.25) is 4.72 Å². The van der Waals surface area contributed by atoms with Crippen LogP contribution in [0.3, 0.4) is 0 Å². The van der Waals surface area contributed by atoms with Crippen molar-refractivity contribution in [2.45, 2.75) is 31.9 Å². The minimum atomic E-state index is -3.60. The van der Waals surface area contributed by atoms with Crippen LogP contribution in [0, 0.1) is 0 Å². The molecular formula is C12H17BrN2O2S2. The number of aryl methyl sites for hydroxylation is 1. The van der Waals surface area contributed by atoms with E-state index in [1.807, 2.05) is 13.0 Å². The van der Waals surface area contributed by atoms with Crippen molar-refractivity contribution < 1.29 is 8.42 Å². The van der Waals surface area contributed by atoms with Crippen LogP contribution in [0.5, 0.6) is 0 Å². The zero-order valence-electron chi connectivity index (χ0n) is 10.8. The maximum atomic E-state index is 12.2. The molecule has 1 rings (SSSR count). The molecule has 0 radical (unpaired) electrons. The normalized spacial score (nSPS) is 13.0. The van der Waals surface area contributed by atoms with E-state index in [1.54, 1.807) is 19.1 Å². The summed E-state index contributed by atoms with van der Waals surface area (Å²) < 4.78 is 28.0. The van der Waals surface area contributed by atoms with Crippen LogP contribution in [0.2, 0.25) is 0 Å². The summed E-state index contributed by atoms with van der Waals surface area (Å²) in [5, 5.41) is -0.851. The third-order valence-electron chi connectivity index (χ3n) is 2.76. The Kier molecular flexibility index (Phi) is 5.76. The fourth-order valence-corrected chi connectivity index (χ4v) is 4.10. The van der Waals surface area contributed by atoms with Gasteiger partial charge in [-0.25, -0.2) is 8.42 Å². The van der Waals surface area contributed by atoms with E-state index in [9.17, 15) is 8.42 Å². The highest BCUT2D eigenvalue weighted by Crippen LogP contribution is 2.23. The first-order valence-corrected chi connectivity index (χ1v) is 8.66. The fourth-order valence-electron chi connectivity index (χ4n) is 1.75. The highest BCUT2D eigenvalue weighted by atomic mass is 79.9. The SMILES string of the molecule is CCc1cc(Br)ccc1NS(=O)(=O)C(CC)C(N)=S. The molecule has 0 fully saturated rings. The van der Waals surface area contributed by atoms with Crippen LogP contribution in [-0.4, -0.2) is 18.7 Å². The Morgan fingerprint density at radius 2 is 2.11 bits per heavy atom. The third kappa shape index (κ3) is 4.15. The number of halogens is 1. The Labute approximate surface area is 127 Å². The van der Waals surface area contributed by atoms with Gasteiger partial charge in [0.2, 0.25) is 10.0 Å². The third-order valence-corrected chi connectivity index (χ3v) is 5.53. The molecule has 0 saturated heterocycles. The first-order valence-electron chi connectivity index (χ1n) is 5.91. The predicted molar refractivity (Wildman–Crippen MR) is 86.9 cm³/mol. The highest BCUT2D eigenvalue weighted by molar-refractivity contribution is 9.10. The number of hydrogen-bond acceptors (Lipinski definition) is 3. The second-order valence-corrected chi connectivity index (χ2v) is 7.35. The first kappa shape index (κ1) is 16.4. The summed E-state index contributed by atoms with van der Waals surface area (Å²) in [4.78, 5) is -0.00911. The average Bonchev–Trinajstić information content (AvgIpc) is 2.31. The van der Waals surface area contributed by atoms with Gasteiger partial charge in [0.05, 0.1) is 10.7 Å². The number of hydrogen-bond donors (Lipinski definition) is 2. The monoisotopic (exact) mass is 364 g/mol. The van der Waals surface area contributed by atoms with Crippen molar-refractivity contribution in [2.24, 2.45) is 5.73 Å². The summed E-state index contributed by atoms with van der Waals surface area (Å²) in [7, 11) is -3.60. The van der Waals surface area contributed by atoms with E-state index in [4.69, 9.17) is 18.0 Å². The van der Waals surface area contributed by atoms with Gasteiger partial charge in [-0.05, 0) is 36.6 Å². The molecule has 1 aromatic rings. The van der Waals surface area contributed by atoms with Crippen LogP contribution < -0.4 is 10.5 Å². The fraction of sp³-hybridized carbons (Fsp3) is 0.417. The molecule has 7 heteroatoms. The van der Waals surface area contributed by atoms with Crippen molar-refractivity contribution in [3.63, 3.8) is 0 Å². The number of anilines is 1. The molecule has 0 amide bonds.